The number of thioether (sulfide) groups is 1. The van der Waals surface area contributed by atoms with Gasteiger partial charge < -0.3 is 10.1 Å². The number of rotatable bonds is 8. The summed E-state index contributed by atoms with van der Waals surface area (Å²) in [5, 5.41) is 12.5. The van der Waals surface area contributed by atoms with E-state index in [-0.39, 0.29) is 5.91 Å². The Morgan fingerprint density at radius 1 is 1.10 bits per heavy atom. The minimum atomic E-state index is 0.0484. The first-order chi connectivity index (χ1) is 14.7. The summed E-state index contributed by atoms with van der Waals surface area (Å²) in [6.45, 7) is 2.31. The van der Waals surface area contributed by atoms with E-state index >= 15 is 0 Å². The SMILES string of the molecule is Cc1ccccc1OCc1nnc(SCC(=O)NC2CCCC2)n1-c1ccccc1. The minimum absolute atomic E-state index is 0.0484. The van der Waals surface area contributed by atoms with E-state index in [9.17, 15) is 4.79 Å². The Kier molecular flexibility index (Phi) is 6.69. The van der Waals surface area contributed by atoms with Crippen molar-refractivity contribution in [3.8, 4) is 11.4 Å². The molecule has 1 saturated carbocycles. The van der Waals surface area contributed by atoms with Gasteiger partial charge in [-0.15, -0.1) is 10.2 Å². The van der Waals surface area contributed by atoms with Gasteiger partial charge in [-0.05, 0) is 43.5 Å². The second kappa shape index (κ2) is 9.80. The Labute approximate surface area is 181 Å². The Bertz CT molecular complexity index is 984. The van der Waals surface area contributed by atoms with Crippen molar-refractivity contribution in [2.75, 3.05) is 5.75 Å². The van der Waals surface area contributed by atoms with Gasteiger partial charge in [0.2, 0.25) is 5.91 Å². The fraction of sp³-hybridized carbons (Fsp3) is 0.348. The molecule has 30 heavy (non-hydrogen) atoms. The molecule has 1 N–H and O–H groups in total. The topological polar surface area (TPSA) is 69.0 Å². The Morgan fingerprint density at radius 3 is 2.60 bits per heavy atom. The van der Waals surface area contributed by atoms with Gasteiger partial charge in [0.25, 0.3) is 0 Å². The Balaban J connectivity index is 1.49. The van der Waals surface area contributed by atoms with E-state index in [0.717, 1.165) is 29.8 Å². The molecule has 0 spiro atoms. The van der Waals surface area contributed by atoms with Crippen molar-refractivity contribution >= 4 is 17.7 Å². The predicted octanol–water partition coefficient (Wildman–Crippen LogP) is 4.31. The molecule has 6 nitrogen and oxygen atoms in total. The largest absolute Gasteiger partial charge is 0.485 e. The van der Waals surface area contributed by atoms with Crippen molar-refractivity contribution in [3.63, 3.8) is 0 Å². The molecule has 2 aromatic carbocycles. The molecule has 1 heterocycles. The normalized spacial score (nSPS) is 14.0. The number of carbonyl (C=O) groups excluding carboxylic acids is 1. The number of nitrogens with zero attached hydrogens (tertiary/aromatic N) is 3. The van der Waals surface area contributed by atoms with E-state index in [1.165, 1.54) is 24.6 Å². The lowest BCUT2D eigenvalue weighted by Crippen LogP contribution is -2.33. The summed E-state index contributed by atoms with van der Waals surface area (Å²) in [5.74, 6) is 1.89. The van der Waals surface area contributed by atoms with Crippen LogP contribution < -0.4 is 10.1 Å². The van der Waals surface area contributed by atoms with Crippen LogP contribution in [0.2, 0.25) is 0 Å². The predicted molar refractivity (Wildman–Crippen MR) is 118 cm³/mol. The quantitative estimate of drug-likeness (QED) is 0.548. The van der Waals surface area contributed by atoms with Crippen LogP contribution in [0.25, 0.3) is 5.69 Å². The number of hydrogen-bond acceptors (Lipinski definition) is 5. The highest BCUT2D eigenvalue weighted by Crippen LogP contribution is 2.24. The molecule has 0 atom stereocenters. The number of aryl methyl sites for hydroxylation is 1. The van der Waals surface area contributed by atoms with Crippen LogP contribution in [-0.2, 0) is 11.4 Å². The molecule has 3 aromatic rings. The van der Waals surface area contributed by atoms with Crippen molar-refractivity contribution < 1.29 is 9.53 Å². The van der Waals surface area contributed by atoms with Crippen molar-refractivity contribution in [1.29, 1.82) is 0 Å². The highest BCUT2D eigenvalue weighted by molar-refractivity contribution is 7.99. The second-order valence-corrected chi connectivity index (χ2v) is 8.40. The molecular weight excluding hydrogens is 396 g/mol. The van der Waals surface area contributed by atoms with E-state index < -0.39 is 0 Å². The van der Waals surface area contributed by atoms with Crippen LogP contribution >= 0.6 is 11.8 Å². The highest BCUT2D eigenvalue weighted by atomic mass is 32.2. The number of hydrogen-bond donors (Lipinski definition) is 1. The molecule has 0 saturated heterocycles. The Morgan fingerprint density at radius 2 is 1.83 bits per heavy atom. The summed E-state index contributed by atoms with van der Waals surface area (Å²) >= 11 is 1.40. The smallest absolute Gasteiger partial charge is 0.230 e. The van der Waals surface area contributed by atoms with Crippen LogP contribution in [0.4, 0.5) is 0 Å². The number of ether oxygens (including phenoxy) is 1. The van der Waals surface area contributed by atoms with E-state index in [1.807, 2.05) is 66.1 Å². The third kappa shape index (κ3) is 5.02. The van der Waals surface area contributed by atoms with Crippen LogP contribution in [-0.4, -0.2) is 32.5 Å². The molecule has 156 valence electrons. The van der Waals surface area contributed by atoms with Gasteiger partial charge in [0, 0.05) is 11.7 Å². The maximum absolute atomic E-state index is 12.4. The van der Waals surface area contributed by atoms with Crippen molar-refractivity contribution in [1.82, 2.24) is 20.1 Å². The molecular formula is C23H26N4O2S. The lowest BCUT2D eigenvalue weighted by atomic mass is 10.2. The minimum Gasteiger partial charge on any atom is -0.485 e. The van der Waals surface area contributed by atoms with Crippen LogP contribution in [0.3, 0.4) is 0 Å². The molecule has 0 unspecified atom stereocenters. The highest BCUT2D eigenvalue weighted by Gasteiger charge is 2.19. The number of carbonyl (C=O) groups is 1. The monoisotopic (exact) mass is 422 g/mol. The molecule has 0 aliphatic heterocycles. The van der Waals surface area contributed by atoms with Crippen LogP contribution in [0, 0.1) is 6.92 Å². The average Bonchev–Trinajstić information content (AvgIpc) is 3.42. The van der Waals surface area contributed by atoms with Gasteiger partial charge in [-0.25, -0.2) is 0 Å². The van der Waals surface area contributed by atoms with Gasteiger partial charge in [0.1, 0.15) is 12.4 Å². The number of aromatic nitrogens is 3. The summed E-state index contributed by atoms with van der Waals surface area (Å²) in [4.78, 5) is 12.4. The summed E-state index contributed by atoms with van der Waals surface area (Å²) in [5.41, 5.74) is 2.02. The molecule has 7 heteroatoms. The van der Waals surface area contributed by atoms with Crippen molar-refractivity contribution in [2.24, 2.45) is 0 Å². The molecule has 4 rings (SSSR count). The standard InChI is InChI=1S/C23H26N4O2S/c1-17-9-5-8-14-20(17)29-15-21-25-26-23(27(21)19-12-3-2-4-13-19)30-16-22(28)24-18-10-6-7-11-18/h2-5,8-9,12-14,18H,6-7,10-11,15-16H2,1H3,(H,24,28). The third-order valence-corrected chi connectivity index (χ3v) is 6.15. The van der Waals surface area contributed by atoms with Crippen molar-refractivity contribution in [2.45, 2.75) is 50.4 Å². The second-order valence-electron chi connectivity index (χ2n) is 7.46. The first kappa shape index (κ1) is 20.5. The summed E-state index contributed by atoms with van der Waals surface area (Å²) in [7, 11) is 0. The maximum Gasteiger partial charge on any atom is 0.230 e. The zero-order valence-electron chi connectivity index (χ0n) is 17.1. The number of para-hydroxylation sites is 2. The van der Waals surface area contributed by atoms with E-state index in [2.05, 4.69) is 15.5 Å². The zero-order chi connectivity index (χ0) is 20.8. The molecule has 0 bridgehead atoms. The molecule has 0 radical (unpaired) electrons. The zero-order valence-corrected chi connectivity index (χ0v) is 17.9. The first-order valence-electron chi connectivity index (χ1n) is 10.3. The third-order valence-electron chi connectivity index (χ3n) is 5.22. The van der Waals surface area contributed by atoms with Crippen LogP contribution in [0.1, 0.15) is 37.1 Å². The number of benzene rings is 2. The average molecular weight is 423 g/mol. The van der Waals surface area contributed by atoms with Gasteiger partial charge >= 0.3 is 0 Å². The van der Waals surface area contributed by atoms with Gasteiger partial charge in [0.05, 0.1) is 5.75 Å². The number of nitrogens with one attached hydrogen (secondary N) is 1. The maximum atomic E-state index is 12.4. The van der Waals surface area contributed by atoms with E-state index in [0.29, 0.717) is 29.4 Å². The van der Waals surface area contributed by atoms with Crippen molar-refractivity contribution in [3.05, 3.63) is 66.0 Å². The summed E-state index contributed by atoms with van der Waals surface area (Å²) in [6, 6.07) is 18.2. The van der Waals surface area contributed by atoms with Gasteiger partial charge in [0.15, 0.2) is 11.0 Å². The lowest BCUT2D eigenvalue weighted by Gasteiger charge is -2.13. The molecule has 1 fully saturated rings. The van der Waals surface area contributed by atoms with Crippen LogP contribution in [0.5, 0.6) is 5.75 Å². The molecule has 1 aromatic heterocycles. The summed E-state index contributed by atoms with van der Waals surface area (Å²) < 4.78 is 7.96. The fourth-order valence-corrected chi connectivity index (χ4v) is 4.44. The Hall–Kier alpha value is -2.80. The van der Waals surface area contributed by atoms with Gasteiger partial charge in [-0.2, -0.15) is 0 Å². The fourth-order valence-electron chi connectivity index (χ4n) is 3.65. The van der Waals surface area contributed by atoms with Crippen LogP contribution in [0.15, 0.2) is 59.8 Å². The van der Waals surface area contributed by atoms with Gasteiger partial charge in [-0.1, -0.05) is 61.0 Å². The molecule has 1 amide bonds. The molecule has 1 aliphatic carbocycles. The first-order valence-corrected chi connectivity index (χ1v) is 11.3. The van der Waals surface area contributed by atoms with Gasteiger partial charge in [-0.3, -0.25) is 9.36 Å². The molecule has 1 aliphatic rings. The van der Waals surface area contributed by atoms with E-state index in [4.69, 9.17) is 4.74 Å². The number of amides is 1. The summed E-state index contributed by atoms with van der Waals surface area (Å²) in [6.07, 6.45) is 4.56. The lowest BCUT2D eigenvalue weighted by molar-refractivity contribution is -0.119. The van der Waals surface area contributed by atoms with E-state index in [1.54, 1.807) is 0 Å².